The lowest BCUT2D eigenvalue weighted by atomic mass is 10.0. The van der Waals surface area contributed by atoms with E-state index in [9.17, 15) is 4.79 Å². The molecule has 0 radical (unpaired) electrons. The zero-order valence-electron chi connectivity index (χ0n) is 9.59. The number of rotatable bonds is 3. The molecule has 1 aliphatic heterocycles. The van der Waals surface area contributed by atoms with Gasteiger partial charge < -0.3 is 4.90 Å². The van der Waals surface area contributed by atoms with Crippen molar-refractivity contribution in [3.8, 4) is 0 Å². The molecule has 0 aromatic heterocycles. The van der Waals surface area contributed by atoms with Crippen LogP contribution >= 0.6 is 0 Å². The third-order valence-electron chi connectivity index (χ3n) is 3.11. The largest absolute Gasteiger partial charge is 0.343 e. The summed E-state index contributed by atoms with van der Waals surface area (Å²) in [5, 5.41) is 0. The van der Waals surface area contributed by atoms with Crippen LogP contribution in [0.25, 0.3) is 0 Å². The molecule has 1 aliphatic rings. The number of hydrogen-bond donors (Lipinski definition) is 0. The Hall–Kier alpha value is -0.530. The molecular weight excluding hydrogens is 174 g/mol. The molecule has 1 amide bonds. The van der Waals surface area contributed by atoms with Gasteiger partial charge in [-0.25, -0.2) is 0 Å². The van der Waals surface area contributed by atoms with Gasteiger partial charge in [-0.15, -0.1) is 0 Å². The second-order valence-electron chi connectivity index (χ2n) is 4.52. The molecule has 2 nitrogen and oxygen atoms in total. The van der Waals surface area contributed by atoms with Crippen LogP contribution in [0, 0.1) is 5.92 Å². The van der Waals surface area contributed by atoms with E-state index in [1.807, 2.05) is 0 Å². The van der Waals surface area contributed by atoms with E-state index < -0.39 is 0 Å². The van der Waals surface area contributed by atoms with Crippen molar-refractivity contribution >= 4 is 5.91 Å². The molecule has 14 heavy (non-hydrogen) atoms. The van der Waals surface area contributed by atoms with Gasteiger partial charge in [-0.1, -0.05) is 20.3 Å². The van der Waals surface area contributed by atoms with E-state index in [4.69, 9.17) is 0 Å². The highest BCUT2D eigenvalue weighted by atomic mass is 16.2. The van der Waals surface area contributed by atoms with Crippen LogP contribution in [0.3, 0.4) is 0 Å². The monoisotopic (exact) mass is 197 g/mol. The minimum atomic E-state index is 0.376. The van der Waals surface area contributed by atoms with Crippen molar-refractivity contribution in [2.24, 2.45) is 5.92 Å². The van der Waals surface area contributed by atoms with E-state index in [1.165, 1.54) is 19.3 Å². The van der Waals surface area contributed by atoms with Crippen molar-refractivity contribution in [2.75, 3.05) is 13.1 Å². The molecule has 1 fully saturated rings. The van der Waals surface area contributed by atoms with Gasteiger partial charge in [0.1, 0.15) is 0 Å². The third-order valence-corrected chi connectivity index (χ3v) is 3.11. The molecular formula is C12H23NO. The molecule has 0 spiro atoms. The summed E-state index contributed by atoms with van der Waals surface area (Å²) in [6.45, 7) is 6.41. The zero-order chi connectivity index (χ0) is 10.4. The summed E-state index contributed by atoms with van der Waals surface area (Å²) in [5.41, 5.74) is 0. The normalized spacial score (nSPS) is 23.3. The van der Waals surface area contributed by atoms with Crippen LogP contribution in [0.1, 0.15) is 52.4 Å². The highest BCUT2D eigenvalue weighted by Gasteiger charge is 2.17. The Labute approximate surface area is 87.7 Å². The Kier molecular flexibility index (Phi) is 4.99. The van der Waals surface area contributed by atoms with Gasteiger partial charge in [-0.05, 0) is 31.6 Å². The van der Waals surface area contributed by atoms with Crippen LogP contribution in [-0.4, -0.2) is 23.9 Å². The topological polar surface area (TPSA) is 20.3 Å². The summed E-state index contributed by atoms with van der Waals surface area (Å²) in [5.74, 6) is 1.18. The molecule has 1 unspecified atom stereocenters. The highest BCUT2D eigenvalue weighted by molar-refractivity contribution is 5.76. The van der Waals surface area contributed by atoms with E-state index in [-0.39, 0.29) is 0 Å². The summed E-state index contributed by atoms with van der Waals surface area (Å²) in [4.78, 5) is 13.8. The average Bonchev–Trinajstić information content (AvgIpc) is 2.39. The fourth-order valence-corrected chi connectivity index (χ4v) is 2.00. The van der Waals surface area contributed by atoms with E-state index >= 15 is 0 Å². The van der Waals surface area contributed by atoms with Crippen LogP contribution < -0.4 is 0 Å². The molecule has 82 valence electrons. The molecule has 0 saturated carbocycles. The summed E-state index contributed by atoms with van der Waals surface area (Å²) < 4.78 is 0. The number of carbonyl (C=O) groups excluding carboxylic acids is 1. The first-order valence-electron chi connectivity index (χ1n) is 6.01. The van der Waals surface area contributed by atoms with Crippen LogP contribution in [0.2, 0.25) is 0 Å². The summed E-state index contributed by atoms with van der Waals surface area (Å²) in [7, 11) is 0. The molecule has 1 heterocycles. The first kappa shape index (κ1) is 11.5. The number of hydrogen-bond acceptors (Lipinski definition) is 1. The Bertz CT molecular complexity index is 179. The lowest BCUT2D eigenvalue weighted by Crippen LogP contribution is -2.31. The molecule has 0 aromatic rings. The van der Waals surface area contributed by atoms with Crippen LogP contribution in [-0.2, 0) is 4.79 Å². The van der Waals surface area contributed by atoms with Crippen LogP contribution in [0.5, 0.6) is 0 Å². The van der Waals surface area contributed by atoms with Crippen molar-refractivity contribution < 1.29 is 4.79 Å². The van der Waals surface area contributed by atoms with Crippen molar-refractivity contribution in [1.29, 1.82) is 0 Å². The maximum atomic E-state index is 11.7. The van der Waals surface area contributed by atoms with E-state index in [1.54, 1.807) is 0 Å². The van der Waals surface area contributed by atoms with Crippen molar-refractivity contribution in [1.82, 2.24) is 4.90 Å². The number of unbranched alkanes of at least 4 members (excludes halogenated alkanes) is 1. The minimum absolute atomic E-state index is 0.376. The Balaban J connectivity index is 2.31. The van der Waals surface area contributed by atoms with E-state index in [0.717, 1.165) is 38.3 Å². The predicted octanol–water partition coefficient (Wildman–Crippen LogP) is 2.83. The minimum Gasteiger partial charge on any atom is -0.343 e. The van der Waals surface area contributed by atoms with Crippen LogP contribution in [0.4, 0.5) is 0 Å². The number of likely N-dealkylation sites (tertiary alicyclic amines) is 1. The second-order valence-corrected chi connectivity index (χ2v) is 4.52. The van der Waals surface area contributed by atoms with Crippen molar-refractivity contribution in [2.45, 2.75) is 52.4 Å². The maximum Gasteiger partial charge on any atom is 0.222 e. The zero-order valence-corrected chi connectivity index (χ0v) is 9.59. The molecule has 0 aliphatic carbocycles. The van der Waals surface area contributed by atoms with Gasteiger partial charge in [-0.2, -0.15) is 0 Å². The summed E-state index contributed by atoms with van der Waals surface area (Å²) in [6.07, 6.45) is 6.60. The smallest absolute Gasteiger partial charge is 0.222 e. The lowest BCUT2D eigenvalue weighted by Gasteiger charge is -2.20. The Morgan fingerprint density at radius 1 is 1.36 bits per heavy atom. The number of amides is 1. The number of carbonyl (C=O) groups is 1. The van der Waals surface area contributed by atoms with E-state index in [2.05, 4.69) is 18.7 Å². The molecule has 1 saturated heterocycles. The summed E-state index contributed by atoms with van der Waals surface area (Å²) in [6, 6.07) is 0. The van der Waals surface area contributed by atoms with Gasteiger partial charge in [0, 0.05) is 19.5 Å². The fraction of sp³-hybridized carbons (Fsp3) is 0.917. The number of nitrogens with zero attached hydrogens (tertiary/aromatic N) is 1. The SMILES string of the molecule is CCCCC(=O)N1CCCC(C)CC1. The average molecular weight is 197 g/mol. The maximum absolute atomic E-state index is 11.7. The molecule has 0 aromatic carbocycles. The molecule has 2 heteroatoms. The van der Waals surface area contributed by atoms with Gasteiger partial charge in [-0.3, -0.25) is 4.79 Å². The van der Waals surface area contributed by atoms with Crippen LogP contribution in [0.15, 0.2) is 0 Å². The van der Waals surface area contributed by atoms with Gasteiger partial charge in [0.05, 0.1) is 0 Å². The standard InChI is InChI=1S/C12H23NO/c1-3-4-7-12(14)13-9-5-6-11(2)8-10-13/h11H,3-10H2,1-2H3. The second kappa shape index (κ2) is 6.05. The van der Waals surface area contributed by atoms with Crippen molar-refractivity contribution in [3.05, 3.63) is 0 Å². The lowest BCUT2D eigenvalue weighted by molar-refractivity contribution is -0.131. The van der Waals surface area contributed by atoms with E-state index in [0.29, 0.717) is 5.91 Å². The highest BCUT2D eigenvalue weighted by Crippen LogP contribution is 2.17. The predicted molar refractivity (Wildman–Crippen MR) is 59.1 cm³/mol. The van der Waals surface area contributed by atoms with Gasteiger partial charge in [0.2, 0.25) is 5.91 Å². The first-order chi connectivity index (χ1) is 6.74. The Morgan fingerprint density at radius 2 is 2.14 bits per heavy atom. The Morgan fingerprint density at radius 3 is 2.86 bits per heavy atom. The molecule has 0 bridgehead atoms. The van der Waals surface area contributed by atoms with Gasteiger partial charge in [0.15, 0.2) is 0 Å². The van der Waals surface area contributed by atoms with Gasteiger partial charge in [0.25, 0.3) is 0 Å². The quantitative estimate of drug-likeness (QED) is 0.681. The molecule has 1 atom stereocenters. The molecule has 1 rings (SSSR count). The van der Waals surface area contributed by atoms with Crippen molar-refractivity contribution in [3.63, 3.8) is 0 Å². The first-order valence-corrected chi connectivity index (χ1v) is 6.01. The van der Waals surface area contributed by atoms with Gasteiger partial charge >= 0.3 is 0 Å². The summed E-state index contributed by atoms with van der Waals surface area (Å²) >= 11 is 0. The fourth-order valence-electron chi connectivity index (χ4n) is 2.00. The molecule has 0 N–H and O–H groups in total. The third kappa shape index (κ3) is 3.69.